The molecule has 36 nitrogen and oxygen atoms in total. The molecule has 126 heavy (non-hydrogen) atoms. The van der Waals surface area contributed by atoms with Crippen molar-refractivity contribution >= 4 is 0 Å². The molecule has 0 spiro atoms. The van der Waals surface area contributed by atoms with E-state index >= 15 is 0 Å². The zero-order valence-corrected chi connectivity index (χ0v) is 74.7. The zero-order chi connectivity index (χ0) is 93.4. The Balaban J connectivity index is 2.30. The predicted octanol–water partition coefficient (Wildman–Crippen LogP) is 4.87. The molecule has 1 aromatic rings. The average Bonchev–Trinajstić information content (AvgIpc) is 0.752. The summed E-state index contributed by atoms with van der Waals surface area (Å²) in [6.45, 7) is -2.02. The lowest BCUT2D eigenvalue weighted by atomic mass is 9.72. The molecule has 0 amide bonds. The summed E-state index contributed by atoms with van der Waals surface area (Å²) in [6.07, 6.45) is -16.8. The van der Waals surface area contributed by atoms with E-state index in [2.05, 4.69) is 20.8 Å². The standard InChI is InChI=1S/C90H162O36/c1-4-7-10-13-16-19-22-25-28-31-39-88(52-118-82(115)76(109)67(100)61(97)36-42-91,53-119-83(116)77(110)68(101)62(98)37-43-92)46-58-34-35-59(47-89(40-32-29-26-23-20-17-14-11-8-5-2,54-120-84(117)78(111)69(102)63(99)38-44-93)55-121-85-79(112)73(106)70(103)64(49-94)124-85)60(45-58)48-90(41-33-30-27-24-21-18-15-12-9-6-3,56-122-86-80(113)74(107)71(104)65(50-95)125-86)57-123-87-81(114)75(108)72(105)66(51-96)126-87/h34-35,45,61-66,70-75,79-87,91-117H,4-33,36-44,46-57H2,1-3H3/b76-67-,77-68+,78-69-/t61-,62-,63-,64?,65?,66?,70-,71-,72-,73?,74?,75?,79?,80?,81?,82+,83+,84+,85-,86-,87-,88?,89+,90?/m1/s1. The lowest BCUT2D eigenvalue weighted by Gasteiger charge is -2.44. The fourth-order valence-electron chi connectivity index (χ4n) is 16.5. The van der Waals surface area contributed by atoms with E-state index in [9.17, 15) is 138 Å². The summed E-state index contributed by atoms with van der Waals surface area (Å²) in [7, 11) is 0. The maximum absolute atomic E-state index is 11.8. The van der Waals surface area contributed by atoms with Gasteiger partial charge in [-0.15, -0.1) is 0 Å². The molecule has 3 saturated heterocycles. The van der Waals surface area contributed by atoms with E-state index < -0.39 is 279 Å². The molecule has 23 atom stereocenters. The third kappa shape index (κ3) is 38.6. The molecule has 0 bridgehead atoms. The molecular formula is C90H162O36. The van der Waals surface area contributed by atoms with Crippen LogP contribution >= 0.6 is 0 Å². The first-order valence-electron chi connectivity index (χ1n) is 46.3. The first-order valence-corrected chi connectivity index (χ1v) is 46.3. The van der Waals surface area contributed by atoms with Gasteiger partial charge in [-0.25, -0.2) is 0 Å². The minimum atomic E-state index is -2.43. The highest BCUT2D eigenvalue weighted by Gasteiger charge is 2.50. The van der Waals surface area contributed by atoms with E-state index in [4.69, 9.17) is 42.6 Å². The Hall–Kier alpha value is -3.96. The van der Waals surface area contributed by atoms with Gasteiger partial charge in [0.05, 0.1) is 59.5 Å². The molecule has 27 N–H and O–H groups in total. The summed E-state index contributed by atoms with van der Waals surface area (Å²) in [6, 6.07) is 5.07. The number of hydrogen-bond acceptors (Lipinski definition) is 36. The molecule has 0 radical (unpaired) electrons. The van der Waals surface area contributed by atoms with E-state index in [0.717, 1.165) is 135 Å². The second-order valence-corrected chi connectivity index (χ2v) is 35.3. The van der Waals surface area contributed by atoms with Crippen molar-refractivity contribution in [1.29, 1.82) is 0 Å². The van der Waals surface area contributed by atoms with Gasteiger partial charge in [0, 0.05) is 55.3 Å². The van der Waals surface area contributed by atoms with Crippen LogP contribution in [-0.4, -0.2) is 346 Å². The highest BCUT2D eigenvalue weighted by molar-refractivity contribution is 5.35. The van der Waals surface area contributed by atoms with E-state index in [1.807, 2.05) is 0 Å². The first kappa shape index (κ1) is 114. The van der Waals surface area contributed by atoms with Gasteiger partial charge in [-0.05, 0) is 55.2 Å². The largest absolute Gasteiger partial charge is 0.506 e. The molecule has 10 unspecified atom stereocenters. The number of benzene rings is 1. The smallest absolute Gasteiger partial charge is 0.217 e. The van der Waals surface area contributed by atoms with Gasteiger partial charge in [0.15, 0.2) is 53.4 Å². The summed E-state index contributed by atoms with van der Waals surface area (Å²) in [5.41, 5.74) is -3.82. The summed E-state index contributed by atoms with van der Waals surface area (Å²) >= 11 is 0. The van der Waals surface area contributed by atoms with Gasteiger partial charge < -0.3 is 181 Å². The highest BCUT2D eigenvalue weighted by atomic mass is 16.7. The number of hydrogen-bond donors (Lipinski definition) is 27. The number of aliphatic hydroxyl groups excluding tert-OH is 27. The Morgan fingerprint density at radius 3 is 0.810 bits per heavy atom. The SMILES string of the molecule is CCCCCCCCCCCCC(CO[C@H](O)/C(O)=C(/O)[C@H](O)CCO)(CO[C@H](O)/C(O)=C(\O)[C@H](O)CCO)Cc1ccc(C[C@](CCCCCCCCCCCC)(CO[C@@H]2OC(CO)[C@@H](O)C(O)C2O)CO[C@H](O)/C(O)=C(/O)[C@H](O)CCO)c(CC(CCCCCCCCCCCC)(CO[C@@H]2OC(CO)[C@@H](O)C(O)C2O)CO[C@@H]2OC(CO)[C@@H](O)C(O)C2O)c1. The van der Waals surface area contributed by atoms with Gasteiger partial charge in [-0.1, -0.05) is 232 Å². The van der Waals surface area contributed by atoms with Crippen LogP contribution < -0.4 is 0 Å². The Morgan fingerprint density at radius 1 is 0.302 bits per heavy atom. The monoisotopic (exact) mass is 1820 g/mol. The van der Waals surface area contributed by atoms with Gasteiger partial charge in [0.25, 0.3) is 0 Å². The molecule has 4 rings (SSSR count). The number of ether oxygens (including phenoxy) is 9. The zero-order valence-electron chi connectivity index (χ0n) is 74.7. The van der Waals surface area contributed by atoms with Gasteiger partial charge in [0.2, 0.25) is 18.9 Å². The Kier molecular flexibility index (Phi) is 56.7. The minimum Gasteiger partial charge on any atom is -0.506 e. The van der Waals surface area contributed by atoms with Crippen molar-refractivity contribution in [2.45, 2.75) is 400 Å². The molecule has 3 aliphatic heterocycles. The topological polar surface area (TPSA) is 629 Å². The van der Waals surface area contributed by atoms with Crippen LogP contribution in [-0.2, 0) is 61.9 Å². The maximum atomic E-state index is 11.8. The fraction of sp³-hybridized carbons (Fsp3) is 0.867. The van der Waals surface area contributed by atoms with E-state index in [0.29, 0.717) is 74.5 Å². The van der Waals surface area contributed by atoms with E-state index in [-0.39, 0.29) is 38.5 Å². The average molecular weight is 1820 g/mol. The highest BCUT2D eigenvalue weighted by Crippen LogP contribution is 2.43. The second kappa shape index (κ2) is 62.5. The molecule has 0 aromatic heterocycles. The first-order chi connectivity index (χ1) is 60.3. The minimum absolute atomic E-state index is 0.0283. The maximum Gasteiger partial charge on any atom is 0.217 e. The van der Waals surface area contributed by atoms with Gasteiger partial charge in [-0.2, -0.15) is 0 Å². The molecule has 0 saturated carbocycles. The van der Waals surface area contributed by atoms with Crippen molar-refractivity contribution in [3.8, 4) is 0 Å². The van der Waals surface area contributed by atoms with Crippen LogP contribution in [0.2, 0.25) is 0 Å². The number of unbranched alkanes of at least 4 members (excludes halogenated alkanes) is 27. The lowest BCUT2D eigenvalue weighted by molar-refractivity contribution is -0.318. The fourth-order valence-corrected chi connectivity index (χ4v) is 16.5. The van der Waals surface area contributed by atoms with Crippen molar-refractivity contribution < 1.29 is 181 Å². The molecule has 738 valence electrons. The van der Waals surface area contributed by atoms with Crippen molar-refractivity contribution in [3.63, 3.8) is 0 Å². The van der Waals surface area contributed by atoms with Crippen LogP contribution in [0, 0.1) is 16.2 Å². The molecular weight excluding hydrogens is 1660 g/mol. The summed E-state index contributed by atoms with van der Waals surface area (Å²) < 4.78 is 56.1. The summed E-state index contributed by atoms with van der Waals surface area (Å²) in [4.78, 5) is 0. The molecule has 1 aromatic carbocycles. The van der Waals surface area contributed by atoms with Crippen molar-refractivity contribution in [1.82, 2.24) is 0 Å². The van der Waals surface area contributed by atoms with Crippen LogP contribution in [0.15, 0.2) is 52.8 Å². The molecule has 3 fully saturated rings. The predicted molar refractivity (Wildman–Crippen MR) is 459 cm³/mol. The normalized spacial score (nSPS) is 26.7. The van der Waals surface area contributed by atoms with Crippen molar-refractivity contribution in [2.24, 2.45) is 16.2 Å². The molecule has 3 heterocycles. The number of rotatable bonds is 72. The molecule has 0 aliphatic carbocycles. The Morgan fingerprint density at radius 2 is 0.548 bits per heavy atom. The Labute approximate surface area is 742 Å². The molecule has 3 aliphatic rings. The van der Waals surface area contributed by atoms with Gasteiger partial charge >= 0.3 is 0 Å². The molecule has 36 heteroatoms. The van der Waals surface area contributed by atoms with Crippen LogP contribution in [0.3, 0.4) is 0 Å². The number of aliphatic hydroxyl groups is 27. The van der Waals surface area contributed by atoms with Crippen LogP contribution in [0.25, 0.3) is 0 Å². The van der Waals surface area contributed by atoms with Gasteiger partial charge in [0.1, 0.15) is 91.6 Å². The lowest BCUT2D eigenvalue weighted by Crippen LogP contribution is -2.60. The van der Waals surface area contributed by atoms with E-state index in [1.165, 1.54) is 0 Å². The van der Waals surface area contributed by atoms with Crippen LogP contribution in [0.5, 0.6) is 0 Å². The summed E-state index contributed by atoms with van der Waals surface area (Å²) in [5, 5.41) is 297. The second-order valence-electron chi connectivity index (χ2n) is 35.3. The third-order valence-electron chi connectivity index (χ3n) is 24.7. The van der Waals surface area contributed by atoms with E-state index in [1.54, 1.807) is 18.2 Å². The third-order valence-corrected chi connectivity index (χ3v) is 24.7. The van der Waals surface area contributed by atoms with Crippen molar-refractivity contribution in [3.05, 3.63) is 69.4 Å². The Bertz CT molecular complexity index is 3010. The van der Waals surface area contributed by atoms with Crippen molar-refractivity contribution in [2.75, 3.05) is 79.3 Å². The van der Waals surface area contributed by atoms with Crippen LogP contribution in [0.4, 0.5) is 0 Å². The van der Waals surface area contributed by atoms with Gasteiger partial charge in [-0.3, -0.25) is 0 Å². The summed E-state index contributed by atoms with van der Waals surface area (Å²) in [5.74, 6) is -7.24. The van der Waals surface area contributed by atoms with Crippen LogP contribution in [0.1, 0.15) is 269 Å². The quantitative estimate of drug-likeness (QED) is 0.0235.